The number of esters is 3. The van der Waals surface area contributed by atoms with Gasteiger partial charge in [0.25, 0.3) is 6.29 Å². The van der Waals surface area contributed by atoms with Crippen molar-refractivity contribution in [1.29, 1.82) is 0 Å². The summed E-state index contributed by atoms with van der Waals surface area (Å²) in [5.41, 5.74) is -1.52. The van der Waals surface area contributed by atoms with Gasteiger partial charge in [-0.2, -0.15) is 0 Å². The highest BCUT2D eigenvalue weighted by atomic mass is 16.7. The molecule has 168 valence electrons. The van der Waals surface area contributed by atoms with Crippen molar-refractivity contribution in [3.8, 4) is 0 Å². The summed E-state index contributed by atoms with van der Waals surface area (Å²) in [6, 6.07) is 6.12. The number of nitrogens with zero attached hydrogens (tertiary/aromatic N) is 1. The minimum absolute atomic E-state index is 0.0582. The predicted octanol–water partition coefficient (Wildman–Crippen LogP) is 1.13. The molecule has 0 spiro atoms. The van der Waals surface area contributed by atoms with Crippen LogP contribution in [0.15, 0.2) is 36.4 Å². The Morgan fingerprint density at radius 2 is 1.75 bits per heavy atom. The zero-order valence-corrected chi connectivity index (χ0v) is 17.6. The van der Waals surface area contributed by atoms with E-state index in [1.54, 1.807) is 25.1 Å². The molecule has 4 atom stereocenters. The smallest absolute Gasteiger partial charge is 0.340 e. The molecular weight excluding hydrogens is 422 g/mol. The first-order valence-corrected chi connectivity index (χ1v) is 10.1. The molecule has 2 amide bonds. The van der Waals surface area contributed by atoms with Crippen molar-refractivity contribution in [2.75, 3.05) is 11.5 Å². The van der Waals surface area contributed by atoms with Crippen LogP contribution in [-0.4, -0.2) is 54.3 Å². The summed E-state index contributed by atoms with van der Waals surface area (Å²) in [4.78, 5) is 63.6. The third kappa shape index (κ3) is 3.18. The Hall–Kier alpha value is -3.53. The number of hydrogen-bond donors (Lipinski definition) is 0. The molecule has 3 aliphatic heterocycles. The fourth-order valence-electron chi connectivity index (χ4n) is 4.50. The second kappa shape index (κ2) is 7.86. The first kappa shape index (κ1) is 21.7. The zero-order chi connectivity index (χ0) is 23.2. The van der Waals surface area contributed by atoms with E-state index in [0.29, 0.717) is 0 Å². The molecule has 3 aliphatic rings. The van der Waals surface area contributed by atoms with E-state index in [9.17, 15) is 24.0 Å². The largest absolute Gasteiger partial charge is 0.462 e. The zero-order valence-electron chi connectivity index (χ0n) is 17.6. The lowest BCUT2D eigenvalue weighted by Gasteiger charge is -2.34. The Morgan fingerprint density at radius 1 is 1.09 bits per heavy atom. The van der Waals surface area contributed by atoms with Crippen molar-refractivity contribution in [2.45, 2.75) is 38.8 Å². The molecule has 0 N–H and O–H groups in total. The minimum atomic E-state index is -1.66. The highest BCUT2D eigenvalue weighted by Crippen LogP contribution is 2.55. The van der Waals surface area contributed by atoms with E-state index in [-0.39, 0.29) is 17.9 Å². The molecule has 0 unspecified atom stereocenters. The van der Waals surface area contributed by atoms with E-state index in [2.05, 4.69) is 0 Å². The fourth-order valence-corrected chi connectivity index (χ4v) is 4.50. The van der Waals surface area contributed by atoms with Crippen molar-refractivity contribution in [3.05, 3.63) is 42.0 Å². The quantitative estimate of drug-likeness (QED) is 0.275. The lowest BCUT2D eigenvalue weighted by molar-refractivity contribution is -0.226. The summed E-state index contributed by atoms with van der Waals surface area (Å²) in [7, 11) is 0. The van der Waals surface area contributed by atoms with Crippen LogP contribution in [0.2, 0.25) is 0 Å². The maximum atomic E-state index is 13.6. The highest BCUT2D eigenvalue weighted by Gasteiger charge is 2.72. The third-order valence-corrected chi connectivity index (χ3v) is 5.63. The van der Waals surface area contributed by atoms with Crippen LogP contribution in [0.5, 0.6) is 0 Å². The van der Waals surface area contributed by atoms with Crippen LogP contribution in [0.4, 0.5) is 5.69 Å². The summed E-state index contributed by atoms with van der Waals surface area (Å²) in [6.07, 6.45) is 0.713. The second-order valence-corrected chi connectivity index (χ2v) is 7.60. The Balaban J connectivity index is 1.76. The molecule has 2 fully saturated rings. The number of hydrogen-bond acceptors (Lipinski definition) is 9. The van der Waals surface area contributed by atoms with Crippen LogP contribution in [0.1, 0.15) is 31.1 Å². The number of imide groups is 1. The number of carbonyl (C=O) groups is 5. The molecule has 32 heavy (non-hydrogen) atoms. The summed E-state index contributed by atoms with van der Waals surface area (Å²) in [5, 5.41) is 0. The normalized spacial score (nSPS) is 27.6. The van der Waals surface area contributed by atoms with Gasteiger partial charge in [0.2, 0.25) is 11.8 Å². The number of ether oxygens (including phenoxy) is 4. The molecule has 10 nitrogen and oxygen atoms in total. The van der Waals surface area contributed by atoms with Crippen LogP contribution in [0, 0.1) is 11.8 Å². The summed E-state index contributed by atoms with van der Waals surface area (Å²) >= 11 is 0. The Bertz CT molecular complexity index is 1030. The van der Waals surface area contributed by atoms with Crippen LogP contribution in [0.25, 0.3) is 0 Å². The fraction of sp³-hybridized carbons (Fsp3) is 0.409. The van der Waals surface area contributed by atoms with E-state index in [1.807, 2.05) is 0 Å². The van der Waals surface area contributed by atoms with E-state index >= 15 is 0 Å². The molecule has 0 aromatic heterocycles. The van der Waals surface area contributed by atoms with Crippen LogP contribution < -0.4 is 4.90 Å². The third-order valence-electron chi connectivity index (χ3n) is 5.63. The van der Waals surface area contributed by atoms with Crippen molar-refractivity contribution in [1.82, 2.24) is 0 Å². The van der Waals surface area contributed by atoms with Gasteiger partial charge in [0.1, 0.15) is 0 Å². The Labute approximate surface area is 183 Å². The first-order chi connectivity index (χ1) is 15.2. The van der Waals surface area contributed by atoms with Gasteiger partial charge >= 0.3 is 17.9 Å². The number of carbonyl (C=O) groups excluding carboxylic acids is 5. The number of benzene rings is 1. The molecule has 1 aromatic carbocycles. The highest BCUT2D eigenvalue weighted by molar-refractivity contribution is 6.25. The molecule has 10 heteroatoms. The second-order valence-electron chi connectivity index (χ2n) is 7.60. The molecule has 2 saturated heterocycles. The topological polar surface area (TPSA) is 126 Å². The predicted molar refractivity (Wildman–Crippen MR) is 106 cm³/mol. The van der Waals surface area contributed by atoms with Gasteiger partial charge in [0.05, 0.1) is 35.8 Å². The van der Waals surface area contributed by atoms with Gasteiger partial charge in [0, 0.05) is 13.8 Å². The maximum absolute atomic E-state index is 13.6. The van der Waals surface area contributed by atoms with Crippen molar-refractivity contribution in [3.63, 3.8) is 0 Å². The molecule has 2 bridgehead atoms. The summed E-state index contributed by atoms with van der Waals surface area (Å²) in [6.45, 7) is 4.01. The van der Waals surface area contributed by atoms with Gasteiger partial charge in [-0.3, -0.25) is 19.2 Å². The van der Waals surface area contributed by atoms with Crippen LogP contribution >= 0.6 is 0 Å². The minimum Gasteiger partial charge on any atom is -0.462 e. The van der Waals surface area contributed by atoms with E-state index in [0.717, 1.165) is 18.7 Å². The van der Waals surface area contributed by atoms with Gasteiger partial charge in [0.15, 0.2) is 5.60 Å². The number of amides is 2. The molecular formula is C22H21NO9. The average Bonchev–Trinajstić information content (AvgIpc) is 3.38. The van der Waals surface area contributed by atoms with Crippen molar-refractivity contribution < 1.29 is 42.9 Å². The molecule has 0 aliphatic carbocycles. The lowest BCUT2D eigenvalue weighted by atomic mass is 9.76. The monoisotopic (exact) mass is 443 g/mol. The van der Waals surface area contributed by atoms with Gasteiger partial charge in [-0.15, -0.1) is 0 Å². The average molecular weight is 443 g/mol. The molecule has 4 rings (SSSR count). The van der Waals surface area contributed by atoms with Crippen LogP contribution in [0.3, 0.4) is 0 Å². The number of fused-ring (bicyclic) bond motifs is 5. The van der Waals surface area contributed by atoms with Crippen LogP contribution in [-0.2, 0) is 38.1 Å². The van der Waals surface area contributed by atoms with E-state index < -0.39 is 59.6 Å². The van der Waals surface area contributed by atoms with Gasteiger partial charge in [-0.25, -0.2) is 9.69 Å². The first-order valence-electron chi connectivity index (χ1n) is 10.1. The SMILES string of the molecule is CCOC(=O)c1ccccc1N1C(=O)[C@@H]2[C@@H](C1=O)[C@@]1(C(OC(C)=O)OC(C)=O)C=C[C@H]2O1. The summed E-state index contributed by atoms with van der Waals surface area (Å²) < 4.78 is 21.3. The number of anilines is 1. The lowest BCUT2D eigenvalue weighted by Crippen LogP contribution is -2.52. The number of para-hydroxylation sites is 1. The molecule has 3 heterocycles. The van der Waals surface area contributed by atoms with Gasteiger partial charge in [-0.05, 0) is 25.1 Å². The molecule has 0 radical (unpaired) electrons. The van der Waals surface area contributed by atoms with Gasteiger partial charge < -0.3 is 18.9 Å². The van der Waals surface area contributed by atoms with Gasteiger partial charge in [-0.1, -0.05) is 18.2 Å². The Kier molecular flexibility index (Phi) is 5.33. The molecule has 0 saturated carbocycles. The van der Waals surface area contributed by atoms with Crippen molar-refractivity contribution >= 4 is 35.4 Å². The van der Waals surface area contributed by atoms with E-state index in [1.165, 1.54) is 18.2 Å². The van der Waals surface area contributed by atoms with Crippen molar-refractivity contribution in [2.24, 2.45) is 11.8 Å². The molecule has 1 aromatic rings. The number of rotatable bonds is 6. The standard InChI is InChI=1S/C22H21NO9/c1-4-29-20(28)13-7-5-6-8-14(13)23-18(26)16-15-9-10-22(32-15,17(16)19(23)27)21(30-11(2)24)31-12(3)25/h5-10,15-17,21H,4H2,1-3H3/t15-,16+,17+,22-/m1/s1. The maximum Gasteiger partial charge on any atom is 0.340 e. The summed E-state index contributed by atoms with van der Waals surface area (Å²) in [5.74, 6) is -5.47. The Morgan fingerprint density at radius 3 is 2.38 bits per heavy atom. The van der Waals surface area contributed by atoms with E-state index in [4.69, 9.17) is 18.9 Å².